The molecule has 0 radical (unpaired) electrons. The van der Waals surface area contributed by atoms with Crippen molar-refractivity contribution in [2.45, 2.75) is 13.8 Å². The van der Waals surface area contributed by atoms with E-state index in [-0.39, 0.29) is 0 Å². The van der Waals surface area contributed by atoms with E-state index in [1.165, 1.54) is 0 Å². The lowest BCUT2D eigenvalue weighted by molar-refractivity contribution is 0.393. The van der Waals surface area contributed by atoms with Crippen LogP contribution in [-0.2, 0) is 0 Å². The Morgan fingerprint density at radius 3 is 2.75 bits per heavy atom. The number of aryl methyl sites for hydroxylation is 2. The van der Waals surface area contributed by atoms with E-state index in [2.05, 4.69) is 15.4 Å². The zero-order valence-electron chi connectivity index (χ0n) is 6.96. The van der Waals surface area contributed by atoms with Gasteiger partial charge in [-0.05, 0) is 19.9 Å². The monoisotopic (exact) mass is 163 g/mol. The van der Waals surface area contributed by atoms with Gasteiger partial charge in [0.15, 0.2) is 0 Å². The van der Waals surface area contributed by atoms with E-state index in [0.717, 1.165) is 22.7 Å². The lowest BCUT2D eigenvalue weighted by atomic mass is 10.1. The second kappa shape index (κ2) is 2.48. The van der Waals surface area contributed by atoms with Crippen LogP contribution in [0.1, 0.15) is 11.5 Å². The predicted molar refractivity (Wildman–Crippen MR) is 43.6 cm³/mol. The van der Waals surface area contributed by atoms with Gasteiger partial charge in [0.1, 0.15) is 5.76 Å². The molecule has 4 heteroatoms. The molecule has 0 amide bonds. The van der Waals surface area contributed by atoms with Gasteiger partial charge in [0.05, 0.1) is 17.0 Å². The van der Waals surface area contributed by atoms with Crippen LogP contribution in [0.3, 0.4) is 0 Å². The van der Waals surface area contributed by atoms with Gasteiger partial charge >= 0.3 is 0 Å². The van der Waals surface area contributed by atoms with Crippen LogP contribution in [-0.4, -0.2) is 15.4 Å². The highest BCUT2D eigenvalue weighted by Gasteiger charge is 2.11. The molecule has 0 bridgehead atoms. The molecule has 62 valence electrons. The molecule has 2 rings (SSSR count). The number of aromatic amines is 1. The molecule has 2 aromatic heterocycles. The molecule has 0 fully saturated rings. The summed E-state index contributed by atoms with van der Waals surface area (Å²) in [5.74, 6) is 0.816. The number of nitrogens with one attached hydrogen (secondary N) is 1. The van der Waals surface area contributed by atoms with Gasteiger partial charge in [-0.15, -0.1) is 0 Å². The Bertz CT molecular complexity index is 355. The summed E-state index contributed by atoms with van der Waals surface area (Å²) in [6.07, 6.45) is 1.71. The second-order valence-electron chi connectivity index (χ2n) is 2.67. The van der Waals surface area contributed by atoms with Crippen molar-refractivity contribution in [2.75, 3.05) is 0 Å². The van der Waals surface area contributed by atoms with E-state index in [0.29, 0.717) is 0 Å². The third-order valence-electron chi connectivity index (χ3n) is 1.80. The maximum Gasteiger partial charge on any atom is 0.143 e. The van der Waals surface area contributed by atoms with Crippen LogP contribution in [0.5, 0.6) is 0 Å². The fourth-order valence-electron chi connectivity index (χ4n) is 1.26. The molecule has 4 nitrogen and oxygen atoms in total. The van der Waals surface area contributed by atoms with Crippen molar-refractivity contribution in [3.8, 4) is 11.3 Å². The summed E-state index contributed by atoms with van der Waals surface area (Å²) >= 11 is 0. The smallest absolute Gasteiger partial charge is 0.143 e. The van der Waals surface area contributed by atoms with Gasteiger partial charge in [-0.2, -0.15) is 5.10 Å². The molecule has 2 heterocycles. The van der Waals surface area contributed by atoms with E-state index >= 15 is 0 Å². The van der Waals surface area contributed by atoms with Gasteiger partial charge in [-0.1, -0.05) is 5.16 Å². The number of aromatic nitrogens is 3. The Morgan fingerprint density at radius 1 is 1.42 bits per heavy atom. The normalized spacial score (nSPS) is 10.5. The predicted octanol–water partition coefficient (Wildman–Crippen LogP) is 1.68. The van der Waals surface area contributed by atoms with Crippen LogP contribution in [0.15, 0.2) is 16.8 Å². The van der Waals surface area contributed by atoms with Gasteiger partial charge in [0, 0.05) is 6.20 Å². The molecule has 0 unspecified atom stereocenters. The van der Waals surface area contributed by atoms with Crippen LogP contribution in [0, 0.1) is 13.8 Å². The Balaban J connectivity index is 2.60. The van der Waals surface area contributed by atoms with Crippen molar-refractivity contribution in [2.24, 2.45) is 0 Å². The molecular weight excluding hydrogens is 154 g/mol. The van der Waals surface area contributed by atoms with Crippen molar-refractivity contribution in [3.63, 3.8) is 0 Å². The summed E-state index contributed by atoms with van der Waals surface area (Å²) in [5.41, 5.74) is 2.84. The van der Waals surface area contributed by atoms with Crippen LogP contribution < -0.4 is 0 Å². The van der Waals surface area contributed by atoms with Gasteiger partial charge in [0.2, 0.25) is 0 Å². The van der Waals surface area contributed by atoms with Crippen LogP contribution in [0.2, 0.25) is 0 Å². The van der Waals surface area contributed by atoms with Crippen LogP contribution >= 0.6 is 0 Å². The molecule has 0 aliphatic heterocycles. The highest BCUT2D eigenvalue weighted by molar-refractivity contribution is 5.62. The van der Waals surface area contributed by atoms with Crippen LogP contribution in [0.25, 0.3) is 11.3 Å². The molecule has 0 saturated heterocycles. The quantitative estimate of drug-likeness (QED) is 0.695. The average molecular weight is 163 g/mol. The first kappa shape index (κ1) is 7.09. The van der Waals surface area contributed by atoms with E-state index in [1.807, 2.05) is 19.9 Å². The van der Waals surface area contributed by atoms with Crippen molar-refractivity contribution >= 4 is 0 Å². The molecule has 1 N–H and O–H groups in total. The molecule has 0 aliphatic rings. The largest absolute Gasteiger partial charge is 0.361 e. The fourth-order valence-corrected chi connectivity index (χ4v) is 1.26. The lowest BCUT2D eigenvalue weighted by Crippen LogP contribution is -1.81. The van der Waals surface area contributed by atoms with Crippen LogP contribution in [0.4, 0.5) is 0 Å². The van der Waals surface area contributed by atoms with Gasteiger partial charge in [-0.3, -0.25) is 5.10 Å². The summed E-state index contributed by atoms with van der Waals surface area (Å²) in [6.45, 7) is 3.79. The summed E-state index contributed by atoms with van der Waals surface area (Å²) in [4.78, 5) is 0. The Hall–Kier alpha value is -1.58. The number of nitrogens with zero attached hydrogens (tertiary/aromatic N) is 2. The Morgan fingerprint density at radius 2 is 2.25 bits per heavy atom. The fraction of sp³-hybridized carbons (Fsp3) is 0.250. The summed E-state index contributed by atoms with van der Waals surface area (Å²) in [6, 6.07) is 1.90. The van der Waals surface area contributed by atoms with Crippen molar-refractivity contribution < 1.29 is 4.52 Å². The molecule has 0 atom stereocenters. The van der Waals surface area contributed by atoms with Gasteiger partial charge in [0.25, 0.3) is 0 Å². The number of H-pyrrole nitrogens is 1. The molecule has 0 aromatic carbocycles. The topological polar surface area (TPSA) is 54.7 Å². The number of hydrogen-bond acceptors (Lipinski definition) is 3. The van der Waals surface area contributed by atoms with E-state index in [1.54, 1.807) is 6.20 Å². The van der Waals surface area contributed by atoms with Gasteiger partial charge in [-0.25, -0.2) is 0 Å². The minimum absolute atomic E-state index is 0.816. The molecule has 0 saturated carbocycles. The van der Waals surface area contributed by atoms with E-state index < -0.39 is 0 Å². The van der Waals surface area contributed by atoms with Crippen molar-refractivity contribution in [1.82, 2.24) is 15.4 Å². The molecule has 2 aromatic rings. The van der Waals surface area contributed by atoms with E-state index in [4.69, 9.17) is 4.52 Å². The first-order valence-corrected chi connectivity index (χ1v) is 3.71. The third-order valence-corrected chi connectivity index (χ3v) is 1.80. The molecule has 0 spiro atoms. The highest BCUT2D eigenvalue weighted by atomic mass is 16.5. The average Bonchev–Trinajstić information content (AvgIpc) is 2.61. The number of hydrogen-bond donors (Lipinski definition) is 1. The Labute approximate surface area is 69.6 Å². The molecular formula is C8H9N3O. The zero-order valence-corrected chi connectivity index (χ0v) is 6.96. The first-order valence-electron chi connectivity index (χ1n) is 3.71. The van der Waals surface area contributed by atoms with Gasteiger partial charge < -0.3 is 4.52 Å². The SMILES string of the molecule is Cc1noc(C)c1-c1ccn[nH]1. The zero-order chi connectivity index (χ0) is 8.55. The third kappa shape index (κ3) is 0.922. The highest BCUT2D eigenvalue weighted by Crippen LogP contribution is 2.23. The minimum atomic E-state index is 0.816. The minimum Gasteiger partial charge on any atom is -0.361 e. The summed E-state index contributed by atoms with van der Waals surface area (Å²) in [5, 5.41) is 10.6. The summed E-state index contributed by atoms with van der Waals surface area (Å²) < 4.78 is 5.02. The lowest BCUT2D eigenvalue weighted by Gasteiger charge is -1.92. The number of rotatable bonds is 1. The molecule has 12 heavy (non-hydrogen) atoms. The van der Waals surface area contributed by atoms with Crippen molar-refractivity contribution in [1.29, 1.82) is 0 Å². The van der Waals surface area contributed by atoms with Crippen molar-refractivity contribution in [3.05, 3.63) is 23.7 Å². The second-order valence-corrected chi connectivity index (χ2v) is 2.67. The maximum atomic E-state index is 5.02. The summed E-state index contributed by atoms with van der Waals surface area (Å²) in [7, 11) is 0. The maximum absolute atomic E-state index is 5.02. The van der Waals surface area contributed by atoms with E-state index in [9.17, 15) is 0 Å². The first-order chi connectivity index (χ1) is 5.79. The standard InChI is InChI=1S/C8H9N3O/c1-5-8(6(2)12-11-5)7-3-4-9-10-7/h3-4H,1-2H3,(H,9,10). The molecule has 0 aliphatic carbocycles. The Kier molecular flexibility index (Phi) is 1.46.